The lowest BCUT2D eigenvalue weighted by Gasteiger charge is -2.31. The third-order valence-electron chi connectivity index (χ3n) is 5.77. The molecule has 1 atom stereocenters. The van der Waals surface area contributed by atoms with Crippen molar-refractivity contribution in [3.63, 3.8) is 0 Å². The summed E-state index contributed by atoms with van der Waals surface area (Å²) in [6, 6.07) is 5.42. The molecule has 0 saturated carbocycles. The van der Waals surface area contributed by atoms with Crippen LogP contribution < -0.4 is 0 Å². The predicted molar refractivity (Wildman–Crippen MR) is 120 cm³/mol. The van der Waals surface area contributed by atoms with E-state index in [1.807, 2.05) is 32.9 Å². The van der Waals surface area contributed by atoms with Gasteiger partial charge < -0.3 is 23.7 Å². The van der Waals surface area contributed by atoms with Crippen LogP contribution in [-0.4, -0.2) is 65.0 Å². The van der Waals surface area contributed by atoms with Crippen molar-refractivity contribution in [2.24, 2.45) is 0 Å². The van der Waals surface area contributed by atoms with Gasteiger partial charge in [-0.25, -0.2) is 14.6 Å². The molecule has 2 aromatic rings. The van der Waals surface area contributed by atoms with Crippen molar-refractivity contribution in [3.8, 4) is 0 Å². The number of piperidine rings is 1. The van der Waals surface area contributed by atoms with Gasteiger partial charge in [0.1, 0.15) is 11.4 Å². The van der Waals surface area contributed by atoms with Gasteiger partial charge in [-0.3, -0.25) is 0 Å². The lowest BCUT2D eigenvalue weighted by molar-refractivity contribution is -0.0587. The Morgan fingerprint density at radius 1 is 1.25 bits per heavy atom. The van der Waals surface area contributed by atoms with E-state index in [0.29, 0.717) is 25.2 Å². The Balaban J connectivity index is 1.57. The van der Waals surface area contributed by atoms with Crippen LogP contribution in [-0.2, 0) is 20.8 Å². The molecule has 1 unspecified atom stereocenters. The number of hydrogen-bond acceptors (Lipinski definition) is 6. The Labute approximate surface area is 188 Å². The van der Waals surface area contributed by atoms with Crippen molar-refractivity contribution in [1.82, 2.24) is 14.5 Å². The highest BCUT2D eigenvalue weighted by molar-refractivity contribution is 5.94. The Morgan fingerprint density at radius 2 is 1.97 bits per heavy atom. The Bertz CT molecular complexity index is 1040. The first-order valence-electron chi connectivity index (χ1n) is 11.1. The molecule has 8 heteroatoms. The first-order valence-corrected chi connectivity index (χ1v) is 11.1. The van der Waals surface area contributed by atoms with Gasteiger partial charge in [0.2, 0.25) is 0 Å². The average molecular weight is 442 g/mol. The van der Waals surface area contributed by atoms with Gasteiger partial charge in [0.05, 0.1) is 36.4 Å². The summed E-state index contributed by atoms with van der Waals surface area (Å²) in [6.07, 6.45) is 4.56. The Kier molecular flexibility index (Phi) is 6.24. The zero-order valence-electron chi connectivity index (χ0n) is 19.2. The number of benzene rings is 1. The third kappa shape index (κ3) is 4.96. The fourth-order valence-electron chi connectivity index (χ4n) is 3.95. The van der Waals surface area contributed by atoms with Gasteiger partial charge in [-0.2, -0.15) is 0 Å². The normalized spacial score (nSPS) is 18.9. The number of nitrogens with zero attached hydrogens (tertiary/aromatic N) is 3. The number of ether oxygens (including phenoxy) is 3. The van der Waals surface area contributed by atoms with Crippen molar-refractivity contribution in [2.75, 3.05) is 26.8 Å². The van der Waals surface area contributed by atoms with Crippen LogP contribution in [0.15, 0.2) is 23.8 Å². The molecule has 2 aliphatic heterocycles. The molecule has 1 aromatic carbocycles. The van der Waals surface area contributed by atoms with Crippen molar-refractivity contribution in [1.29, 1.82) is 0 Å². The van der Waals surface area contributed by atoms with E-state index in [1.54, 1.807) is 11.0 Å². The summed E-state index contributed by atoms with van der Waals surface area (Å²) in [7, 11) is 1.38. The minimum atomic E-state index is -0.495. The van der Waals surface area contributed by atoms with Crippen molar-refractivity contribution in [3.05, 3.63) is 35.2 Å². The zero-order chi connectivity index (χ0) is 22.9. The van der Waals surface area contributed by atoms with E-state index < -0.39 is 5.60 Å². The summed E-state index contributed by atoms with van der Waals surface area (Å²) in [5.41, 5.74) is 2.96. The number of rotatable bonds is 4. The van der Waals surface area contributed by atoms with E-state index in [2.05, 4.69) is 10.6 Å². The molecular formula is C24H31N3O5. The topological polar surface area (TPSA) is 82.9 Å². The second kappa shape index (κ2) is 8.94. The molecule has 1 aromatic heterocycles. The molecule has 0 spiro atoms. The molecular weight excluding hydrogens is 410 g/mol. The number of carbonyl (C=O) groups is 2. The minimum Gasteiger partial charge on any atom is -0.465 e. The second-order valence-corrected chi connectivity index (χ2v) is 9.33. The molecule has 0 N–H and O–H groups in total. The van der Waals surface area contributed by atoms with E-state index in [0.717, 1.165) is 42.7 Å². The van der Waals surface area contributed by atoms with Crippen LogP contribution in [0.4, 0.5) is 4.79 Å². The molecule has 2 saturated heterocycles. The highest BCUT2D eigenvalue weighted by Crippen LogP contribution is 2.26. The van der Waals surface area contributed by atoms with E-state index in [-0.39, 0.29) is 18.2 Å². The molecule has 4 rings (SSSR count). The van der Waals surface area contributed by atoms with E-state index >= 15 is 0 Å². The molecule has 1 amide bonds. The van der Waals surface area contributed by atoms with Crippen molar-refractivity contribution < 1.29 is 23.8 Å². The van der Waals surface area contributed by atoms with E-state index in [1.165, 1.54) is 12.7 Å². The van der Waals surface area contributed by atoms with E-state index in [4.69, 9.17) is 19.2 Å². The molecule has 8 nitrogen and oxygen atoms in total. The number of hydrogen-bond donors (Lipinski definition) is 0. The fraction of sp³-hybridized carbons (Fsp3) is 0.542. The second-order valence-electron chi connectivity index (χ2n) is 9.33. The number of likely N-dealkylation sites (tertiary alicyclic amines) is 1. The summed E-state index contributed by atoms with van der Waals surface area (Å²) < 4.78 is 18.2. The third-order valence-corrected chi connectivity index (χ3v) is 5.77. The van der Waals surface area contributed by atoms with Crippen LogP contribution in [0.5, 0.6) is 0 Å². The van der Waals surface area contributed by atoms with Gasteiger partial charge in [0.15, 0.2) is 0 Å². The molecule has 3 heterocycles. The van der Waals surface area contributed by atoms with Gasteiger partial charge >= 0.3 is 12.1 Å². The lowest BCUT2D eigenvalue weighted by atomic mass is 10.0. The summed E-state index contributed by atoms with van der Waals surface area (Å²) in [5, 5.41) is 0. The predicted octanol–water partition coefficient (Wildman–Crippen LogP) is 4.03. The number of esters is 1. The standard InChI is InChI=1S/C24H31N3O5/c1-24(2,3)32-23(29)26-10-7-16(8-11-26)13-21-25-19-6-5-17(22(28)30-4)14-20(19)27(21)15-18-9-12-31-18/h5-6,13-14,18H,7-12,15H2,1-4H3. The summed E-state index contributed by atoms with van der Waals surface area (Å²) in [5.74, 6) is 0.479. The van der Waals surface area contributed by atoms with Crippen LogP contribution in [0.1, 0.15) is 56.2 Å². The summed E-state index contributed by atoms with van der Waals surface area (Å²) in [6.45, 7) is 8.34. The monoisotopic (exact) mass is 441 g/mol. The minimum absolute atomic E-state index is 0.153. The van der Waals surface area contributed by atoms with Gasteiger partial charge in [-0.15, -0.1) is 0 Å². The molecule has 172 valence electrons. The highest BCUT2D eigenvalue weighted by atomic mass is 16.6. The Hall–Kier alpha value is -2.87. The number of imidazole rings is 1. The van der Waals surface area contributed by atoms with Crippen LogP contribution in [0.2, 0.25) is 0 Å². The SMILES string of the molecule is COC(=O)c1ccc2nc(C=C3CCN(C(=O)OC(C)(C)C)CC3)n(CC3CCO3)c2c1. The molecule has 0 aliphatic carbocycles. The maximum Gasteiger partial charge on any atom is 0.410 e. The van der Waals surface area contributed by atoms with E-state index in [9.17, 15) is 9.59 Å². The van der Waals surface area contributed by atoms with Crippen LogP contribution in [0, 0.1) is 0 Å². The summed E-state index contributed by atoms with van der Waals surface area (Å²) in [4.78, 5) is 30.9. The average Bonchev–Trinajstić information content (AvgIpc) is 3.05. The van der Waals surface area contributed by atoms with Crippen LogP contribution in [0.3, 0.4) is 0 Å². The maximum absolute atomic E-state index is 12.3. The summed E-state index contributed by atoms with van der Waals surface area (Å²) >= 11 is 0. The van der Waals surface area contributed by atoms with Gasteiger partial charge in [0.25, 0.3) is 0 Å². The number of fused-ring (bicyclic) bond motifs is 1. The molecule has 0 radical (unpaired) electrons. The fourth-order valence-corrected chi connectivity index (χ4v) is 3.95. The van der Waals surface area contributed by atoms with Crippen molar-refractivity contribution in [2.45, 2.75) is 58.3 Å². The molecule has 32 heavy (non-hydrogen) atoms. The largest absolute Gasteiger partial charge is 0.465 e. The maximum atomic E-state index is 12.3. The van der Waals surface area contributed by atoms with Crippen molar-refractivity contribution >= 4 is 29.2 Å². The lowest BCUT2D eigenvalue weighted by Crippen LogP contribution is -2.40. The number of amides is 1. The number of carbonyl (C=O) groups excluding carboxylic acids is 2. The smallest absolute Gasteiger partial charge is 0.410 e. The van der Waals surface area contributed by atoms with Gasteiger partial charge in [-0.05, 0) is 64.3 Å². The van der Waals surface area contributed by atoms with Gasteiger partial charge in [0, 0.05) is 19.7 Å². The highest BCUT2D eigenvalue weighted by Gasteiger charge is 2.26. The van der Waals surface area contributed by atoms with Crippen LogP contribution in [0.25, 0.3) is 17.1 Å². The molecule has 0 bridgehead atoms. The first-order chi connectivity index (χ1) is 15.2. The number of methoxy groups -OCH3 is 1. The number of aromatic nitrogens is 2. The zero-order valence-corrected chi connectivity index (χ0v) is 19.2. The first kappa shape index (κ1) is 22.3. The molecule has 2 fully saturated rings. The van der Waals surface area contributed by atoms with Crippen LogP contribution >= 0.6 is 0 Å². The molecule has 2 aliphatic rings. The Morgan fingerprint density at radius 3 is 2.56 bits per heavy atom. The van der Waals surface area contributed by atoms with Gasteiger partial charge in [-0.1, -0.05) is 5.57 Å². The quantitative estimate of drug-likeness (QED) is 0.667.